The normalized spacial score (nSPS) is 9.91. The summed E-state index contributed by atoms with van der Waals surface area (Å²) in [5.74, 6) is 0.773. The average Bonchev–Trinajstić information content (AvgIpc) is 2.34. The van der Waals surface area contributed by atoms with Gasteiger partial charge in [-0.2, -0.15) is 5.10 Å². The number of nitrogens with zero attached hydrogens (tertiary/aromatic N) is 2. The highest BCUT2D eigenvalue weighted by molar-refractivity contribution is 4.87. The highest BCUT2D eigenvalue weighted by Gasteiger charge is 2.02. The molecule has 0 radical (unpaired) electrons. The van der Waals surface area contributed by atoms with Crippen molar-refractivity contribution < 1.29 is 0 Å². The van der Waals surface area contributed by atoms with E-state index in [1.165, 1.54) is 0 Å². The first-order valence-electron chi connectivity index (χ1n) is 3.54. The summed E-state index contributed by atoms with van der Waals surface area (Å²) in [4.78, 5) is 11.0. The van der Waals surface area contributed by atoms with E-state index >= 15 is 0 Å². The van der Waals surface area contributed by atoms with Crippen LogP contribution in [0.2, 0.25) is 0 Å². The number of rotatable bonds is 3. The van der Waals surface area contributed by atoms with Gasteiger partial charge in [0.15, 0.2) is 0 Å². The van der Waals surface area contributed by atoms with E-state index < -0.39 is 0 Å². The number of hydrogen-bond donors (Lipinski definition) is 1. The highest BCUT2D eigenvalue weighted by Crippen LogP contribution is 1.90. The Balaban J connectivity index is 3.06. The van der Waals surface area contributed by atoms with E-state index in [1.54, 1.807) is 10.6 Å². The van der Waals surface area contributed by atoms with Crippen molar-refractivity contribution in [1.29, 1.82) is 0 Å². The van der Waals surface area contributed by atoms with Gasteiger partial charge in [0.25, 0.3) is 0 Å². The molecule has 1 aromatic heterocycles. The second-order valence-corrected chi connectivity index (χ2v) is 2.20. The van der Waals surface area contributed by atoms with Crippen LogP contribution in [0.3, 0.4) is 0 Å². The van der Waals surface area contributed by atoms with Crippen LogP contribution in [0.5, 0.6) is 0 Å². The minimum absolute atomic E-state index is 0.165. The minimum Gasteiger partial charge on any atom is -0.275 e. The SMILES string of the molecule is C=CCn1c(CC)n[nH]c1=O. The fraction of sp³-hybridized carbons (Fsp3) is 0.429. The van der Waals surface area contributed by atoms with Crippen molar-refractivity contribution in [3.05, 3.63) is 29.0 Å². The summed E-state index contributed by atoms with van der Waals surface area (Å²) >= 11 is 0. The predicted molar refractivity (Wildman–Crippen MR) is 42.4 cm³/mol. The molecule has 4 heteroatoms. The number of aromatic nitrogens is 3. The summed E-state index contributed by atoms with van der Waals surface area (Å²) < 4.78 is 1.56. The maximum atomic E-state index is 11.0. The fourth-order valence-corrected chi connectivity index (χ4v) is 0.938. The Morgan fingerprint density at radius 1 is 1.82 bits per heavy atom. The molecule has 0 aliphatic rings. The van der Waals surface area contributed by atoms with Crippen molar-refractivity contribution in [2.75, 3.05) is 0 Å². The van der Waals surface area contributed by atoms with Crippen molar-refractivity contribution in [1.82, 2.24) is 14.8 Å². The van der Waals surface area contributed by atoms with Gasteiger partial charge in [-0.25, -0.2) is 9.89 Å². The van der Waals surface area contributed by atoms with Crippen LogP contribution in [0.4, 0.5) is 0 Å². The summed E-state index contributed by atoms with van der Waals surface area (Å²) in [6, 6.07) is 0. The molecule has 0 aliphatic heterocycles. The Morgan fingerprint density at radius 3 is 3.09 bits per heavy atom. The molecule has 1 rings (SSSR count). The number of hydrogen-bond acceptors (Lipinski definition) is 2. The first kappa shape index (κ1) is 7.78. The van der Waals surface area contributed by atoms with E-state index in [4.69, 9.17) is 0 Å². The van der Waals surface area contributed by atoms with Gasteiger partial charge in [-0.15, -0.1) is 6.58 Å². The van der Waals surface area contributed by atoms with E-state index in [1.807, 2.05) is 6.92 Å². The molecule has 0 aliphatic carbocycles. The van der Waals surface area contributed by atoms with Gasteiger partial charge >= 0.3 is 5.69 Å². The van der Waals surface area contributed by atoms with Crippen molar-refractivity contribution in [2.24, 2.45) is 0 Å². The molecule has 1 N–H and O–H groups in total. The van der Waals surface area contributed by atoms with E-state index in [0.29, 0.717) is 6.54 Å². The van der Waals surface area contributed by atoms with Gasteiger partial charge in [-0.1, -0.05) is 13.0 Å². The molecule has 0 bridgehead atoms. The van der Waals surface area contributed by atoms with Crippen LogP contribution in [-0.2, 0) is 13.0 Å². The van der Waals surface area contributed by atoms with Gasteiger partial charge in [-0.3, -0.25) is 4.57 Å². The van der Waals surface area contributed by atoms with Crippen molar-refractivity contribution in [3.63, 3.8) is 0 Å². The van der Waals surface area contributed by atoms with Crippen LogP contribution in [0.25, 0.3) is 0 Å². The third-order valence-electron chi connectivity index (χ3n) is 1.47. The van der Waals surface area contributed by atoms with Gasteiger partial charge < -0.3 is 0 Å². The largest absolute Gasteiger partial charge is 0.343 e. The molecule has 0 saturated carbocycles. The lowest BCUT2D eigenvalue weighted by Crippen LogP contribution is -2.17. The maximum absolute atomic E-state index is 11.0. The van der Waals surface area contributed by atoms with Crippen LogP contribution in [-0.4, -0.2) is 14.8 Å². The van der Waals surface area contributed by atoms with Gasteiger partial charge in [-0.05, 0) is 0 Å². The molecule has 0 saturated heterocycles. The minimum atomic E-state index is -0.165. The summed E-state index contributed by atoms with van der Waals surface area (Å²) in [6.45, 7) is 6.03. The second-order valence-electron chi connectivity index (χ2n) is 2.20. The lowest BCUT2D eigenvalue weighted by molar-refractivity contribution is 0.726. The fourth-order valence-electron chi connectivity index (χ4n) is 0.938. The summed E-state index contributed by atoms with van der Waals surface area (Å²) in [7, 11) is 0. The molecule has 4 nitrogen and oxygen atoms in total. The van der Waals surface area contributed by atoms with E-state index in [9.17, 15) is 4.79 Å². The summed E-state index contributed by atoms with van der Waals surface area (Å²) in [5.41, 5.74) is -0.165. The number of aryl methyl sites for hydroxylation is 1. The molecule has 1 aromatic rings. The molecule has 0 atom stereocenters. The van der Waals surface area contributed by atoms with E-state index in [2.05, 4.69) is 16.8 Å². The highest BCUT2D eigenvalue weighted by atomic mass is 16.1. The topological polar surface area (TPSA) is 50.7 Å². The molecule has 0 aromatic carbocycles. The summed E-state index contributed by atoms with van der Waals surface area (Å²) in [6.07, 6.45) is 2.43. The standard InChI is InChI=1S/C7H11N3O/c1-3-5-10-6(4-2)8-9-7(10)11/h3H,1,4-5H2,2H3,(H,9,11). The molecule has 1 heterocycles. The monoisotopic (exact) mass is 153 g/mol. The molecule has 0 unspecified atom stereocenters. The second kappa shape index (κ2) is 3.18. The third kappa shape index (κ3) is 1.39. The average molecular weight is 153 g/mol. The number of nitrogens with one attached hydrogen (secondary N) is 1. The Hall–Kier alpha value is -1.32. The molecule has 0 spiro atoms. The zero-order chi connectivity index (χ0) is 8.27. The Morgan fingerprint density at radius 2 is 2.55 bits per heavy atom. The molecule has 0 fully saturated rings. The number of aromatic amines is 1. The lowest BCUT2D eigenvalue weighted by atomic mass is 10.4. The van der Waals surface area contributed by atoms with Gasteiger partial charge in [0, 0.05) is 13.0 Å². The van der Waals surface area contributed by atoms with Crippen molar-refractivity contribution in [2.45, 2.75) is 19.9 Å². The zero-order valence-corrected chi connectivity index (χ0v) is 6.50. The smallest absolute Gasteiger partial charge is 0.275 e. The lowest BCUT2D eigenvalue weighted by Gasteiger charge is -1.96. The van der Waals surface area contributed by atoms with Gasteiger partial charge in [0.1, 0.15) is 5.82 Å². The maximum Gasteiger partial charge on any atom is 0.343 e. The number of allylic oxidation sites excluding steroid dienone is 1. The Labute approximate surface area is 64.6 Å². The van der Waals surface area contributed by atoms with Crippen LogP contribution in [0, 0.1) is 0 Å². The van der Waals surface area contributed by atoms with E-state index in [-0.39, 0.29) is 5.69 Å². The van der Waals surface area contributed by atoms with E-state index in [0.717, 1.165) is 12.2 Å². The van der Waals surface area contributed by atoms with Gasteiger partial charge in [0.05, 0.1) is 0 Å². The first-order chi connectivity index (χ1) is 5.29. The molecular weight excluding hydrogens is 142 g/mol. The molecule has 60 valence electrons. The third-order valence-corrected chi connectivity index (χ3v) is 1.47. The Kier molecular flexibility index (Phi) is 2.25. The zero-order valence-electron chi connectivity index (χ0n) is 6.50. The van der Waals surface area contributed by atoms with Crippen molar-refractivity contribution in [3.8, 4) is 0 Å². The van der Waals surface area contributed by atoms with Crippen LogP contribution >= 0.6 is 0 Å². The molecular formula is C7H11N3O. The quantitative estimate of drug-likeness (QED) is 0.636. The number of H-pyrrole nitrogens is 1. The molecule has 11 heavy (non-hydrogen) atoms. The van der Waals surface area contributed by atoms with Crippen LogP contribution in [0.1, 0.15) is 12.7 Å². The van der Waals surface area contributed by atoms with Gasteiger partial charge in [0.2, 0.25) is 0 Å². The Bertz CT molecular complexity index is 297. The van der Waals surface area contributed by atoms with Crippen LogP contribution in [0.15, 0.2) is 17.4 Å². The first-order valence-corrected chi connectivity index (χ1v) is 3.54. The van der Waals surface area contributed by atoms with Crippen LogP contribution < -0.4 is 5.69 Å². The van der Waals surface area contributed by atoms with Crippen molar-refractivity contribution >= 4 is 0 Å². The molecule has 0 amide bonds. The summed E-state index contributed by atoms with van der Waals surface area (Å²) in [5, 5.41) is 6.21. The predicted octanol–water partition coefficient (Wildman–Crippen LogP) is 0.320.